The fourth-order valence-electron chi connectivity index (χ4n) is 2.02. The molecular weight excluding hydrogens is 234 g/mol. The SMILES string of the molecule is C=CC=NC=C(C=N)c1cccnc1CCC1CC1. The lowest BCUT2D eigenvalue weighted by Gasteiger charge is -2.07. The third kappa shape index (κ3) is 3.98. The van der Waals surface area contributed by atoms with Crippen LogP contribution in [-0.4, -0.2) is 17.4 Å². The van der Waals surface area contributed by atoms with Crippen molar-refractivity contribution in [2.45, 2.75) is 25.7 Å². The zero-order valence-electron chi connectivity index (χ0n) is 11.0. The molecule has 1 aliphatic carbocycles. The molecule has 19 heavy (non-hydrogen) atoms. The summed E-state index contributed by atoms with van der Waals surface area (Å²) in [6.45, 7) is 3.58. The summed E-state index contributed by atoms with van der Waals surface area (Å²) in [5.41, 5.74) is 2.87. The van der Waals surface area contributed by atoms with Gasteiger partial charge < -0.3 is 5.41 Å². The Balaban J connectivity index is 2.19. The van der Waals surface area contributed by atoms with Crippen LogP contribution in [0.5, 0.6) is 0 Å². The largest absolute Gasteiger partial charge is 0.308 e. The molecule has 0 aromatic carbocycles. The number of aliphatic imine (C=N–C) groups is 1. The summed E-state index contributed by atoms with van der Waals surface area (Å²) in [5.74, 6) is 0.890. The highest BCUT2D eigenvalue weighted by molar-refractivity contribution is 6.08. The molecule has 3 heteroatoms. The molecule has 0 bridgehead atoms. The summed E-state index contributed by atoms with van der Waals surface area (Å²) in [6.07, 6.45) is 13.0. The van der Waals surface area contributed by atoms with Gasteiger partial charge in [-0.15, -0.1) is 0 Å². The van der Waals surface area contributed by atoms with Crippen molar-refractivity contribution in [1.82, 2.24) is 4.98 Å². The second-order valence-corrected chi connectivity index (χ2v) is 4.74. The van der Waals surface area contributed by atoms with Crippen LogP contribution in [0.25, 0.3) is 5.57 Å². The molecular formula is C16H19N3. The van der Waals surface area contributed by atoms with E-state index in [1.807, 2.05) is 18.3 Å². The third-order valence-corrected chi connectivity index (χ3v) is 3.25. The van der Waals surface area contributed by atoms with Crippen LogP contribution in [0.2, 0.25) is 0 Å². The van der Waals surface area contributed by atoms with Crippen LogP contribution >= 0.6 is 0 Å². The summed E-state index contributed by atoms with van der Waals surface area (Å²) in [6, 6.07) is 3.92. The average molecular weight is 253 g/mol. The van der Waals surface area contributed by atoms with Crippen molar-refractivity contribution in [2.24, 2.45) is 10.9 Å². The Labute approximate surface area is 114 Å². The van der Waals surface area contributed by atoms with Crippen molar-refractivity contribution in [3.05, 3.63) is 48.4 Å². The quantitative estimate of drug-likeness (QED) is 0.740. The van der Waals surface area contributed by atoms with E-state index in [0.717, 1.165) is 29.2 Å². The Kier molecular flexibility index (Phi) is 4.78. The smallest absolute Gasteiger partial charge is 0.0483 e. The van der Waals surface area contributed by atoms with Gasteiger partial charge in [0.1, 0.15) is 0 Å². The summed E-state index contributed by atoms with van der Waals surface area (Å²) in [4.78, 5) is 8.56. The van der Waals surface area contributed by atoms with Crippen molar-refractivity contribution in [3.63, 3.8) is 0 Å². The van der Waals surface area contributed by atoms with Gasteiger partial charge >= 0.3 is 0 Å². The molecule has 3 nitrogen and oxygen atoms in total. The molecule has 0 amide bonds. The first-order chi connectivity index (χ1) is 9.35. The number of hydrogen-bond acceptors (Lipinski definition) is 3. The molecule has 0 unspecified atom stereocenters. The van der Waals surface area contributed by atoms with Gasteiger partial charge in [0.25, 0.3) is 0 Å². The molecule has 98 valence electrons. The maximum atomic E-state index is 7.54. The lowest BCUT2D eigenvalue weighted by molar-refractivity contribution is 0.713. The van der Waals surface area contributed by atoms with Crippen molar-refractivity contribution in [2.75, 3.05) is 0 Å². The van der Waals surface area contributed by atoms with E-state index in [2.05, 4.69) is 16.6 Å². The second-order valence-electron chi connectivity index (χ2n) is 4.74. The van der Waals surface area contributed by atoms with E-state index in [-0.39, 0.29) is 0 Å². The van der Waals surface area contributed by atoms with Crippen molar-refractivity contribution < 1.29 is 0 Å². The zero-order valence-corrected chi connectivity index (χ0v) is 11.0. The Morgan fingerprint density at radius 3 is 3.05 bits per heavy atom. The van der Waals surface area contributed by atoms with E-state index in [9.17, 15) is 0 Å². The molecule has 0 spiro atoms. The number of hydrogen-bond donors (Lipinski definition) is 1. The molecule has 0 radical (unpaired) electrons. The van der Waals surface area contributed by atoms with Crippen molar-refractivity contribution >= 4 is 18.0 Å². The van der Waals surface area contributed by atoms with Gasteiger partial charge in [-0.2, -0.15) is 0 Å². The normalized spacial score (nSPS) is 15.7. The lowest BCUT2D eigenvalue weighted by atomic mass is 10.0. The molecule has 0 saturated heterocycles. The highest BCUT2D eigenvalue weighted by Gasteiger charge is 2.21. The number of allylic oxidation sites excluding steroid dienone is 2. The van der Waals surface area contributed by atoms with Gasteiger partial charge in [-0.25, -0.2) is 0 Å². The fraction of sp³-hybridized carbons (Fsp3) is 0.312. The van der Waals surface area contributed by atoms with Crippen molar-refractivity contribution in [1.29, 1.82) is 5.41 Å². The van der Waals surface area contributed by atoms with E-state index in [1.165, 1.54) is 25.5 Å². The Bertz CT molecular complexity index is 510. The molecule has 0 atom stereocenters. The number of pyridine rings is 1. The van der Waals surface area contributed by atoms with Crippen LogP contribution in [0.4, 0.5) is 0 Å². The predicted molar refractivity (Wildman–Crippen MR) is 80.7 cm³/mol. The monoisotopic (exact) mass is 253 g/mol. The lowest BCUT2D eigenvalue weighted by Crippen LogP contribution is -1.98. The Hall–Kier alpha value is -2.03. The van der Waals surface area contributed by atoms with E-state index >= 15 is 0 Å². The molecule has 0 aliphatic heterocycles. The van der Waals surface area contributed by atoms with E-state index in [0.29, 0.717) is 0 Å². The molecule has 1 heterocycles. The molecule has 2 rings (SSSR count). The molecule has 1 N–H and O–H groups in total. The Morgan fingerprint density at radius 2 is 2.37 bits per heavy atom. The van der Waals surface area contributed by atoms with Gasteiger partial charge in [-0.05, 0) is 24.8 Å². The van der Waals surface area contributed by atoms with Crippen LogP contribution < -0.4 is 0 Å². The van der Waals surface area contributed by atoms with Gasteiger partial charge in [0, 0.05) is 41.7 Å². The number of aryl methyl sites for hydroxylation is 1. The number of nitrogens with zero attached hydrogens (tertiary/aromatic N) is 2. The zero-order chi connectivity index (χ0) is 13.5. The number of aromatic nitrogens is 1. The summed E-state index contributed by atoms with van der Waals surface area (Å²) in [7, 11) is 0. The minimum atomic E-state index is 0.789. The minimum absolute atomic E-state index is 0.789. The van der Waals surface area contributed by atoms with Gasteiger partial charge in [-0.3, -0.25) is 9.98 Å². The van der Waals surface area contributed by atoms with Gasteiger partial charge in [0.15, 0.2) is 0 Å². The van der Waals surface area contributed by atoms with E-state index in [1.54, 1.807) is 18.5 Å². The summed E-state index contributed by atoms with van der Waals surface area (Å²) >= 11 is 0. The predicted octanol–water partition coefficient (Wildman–Crippen LogP) is 3.67. The maximum Gasteiger partial charge on any atom is 0.0483 e. The third-order valence-electron chi connectivity index (χ3n) is 3.25. The van der Waals surface area contributed by atoms with Crippen LogP contribution in [0, 0.1) is 11.3 Å². The summed E-state index contributed by atoms with van der Waals surface area (Å²) in [5, 5.41) is 7.54. The standard InChI is InChI=1S/C16H19N3/c1-2-9-18-12-14(11-17)15-4-3-10-19-16(15)8-7-13-5-6-13/h2-4,9-13,17H,1,5-8H2. The second kappa shape index (κ2) is 6.78. The minimum Gasteiger partial charge on any atom is -0.308 e. The van der Waals surface area contributed by atoms with Crippen LogP contribution in [0.3, 0.4) is 0 Å². The van der Waals surface area contributed by atoms with E-state index < -0.39 is 0 Å². The first kappa shape index (κ1) is 13.4. The molecule has 1 aromatic rings. The topological polar surface area (TPSA) is 49.1 Å². The van der Waals surface area contributed by atoms with Gasteiger partial charge in [0.2, 0.25) is 0 Å². The first-order valence-electron chi connectivity index (χ1n) is 6.64. The Morgan fingerprint density at radius 1 is 1.53 bits per heavy atom. The number of nitrogens with one attached hydrogen (secondary N) is 1. The highest BCUT2D eigenvalue weighted by atomic mass is 14.7. The van der Waals surface area contributed by atoms with Crippen LogP contribution in [0.1, 0.15) is 30.5 Å². The van der Waals surface area contributed by atoms with Gasteiger partial charge in [0.05, 0.1) is 0 Å². The van der Waals surface area contributed by atoms with Crippen molar-refractivity contribution in [3.8, 4) is 0 Å². The molecule has 1 aromatic heterocycles. The average Bonchev–Trinajstić information content (AvgIpc) is 3.26. The van der Waals surface area contributed by atoms with Crippen LogP contribution in [-0.2, 0) is 6.42 Å². The fourth-order valence-corrected chi connectivity index (χ4v) is 2.02. The van der Waals surface area contributed by atoms with E-state index in [4.69, 9.17) is 5.41 Å². The van der Waals surface area contributed by atoms with Crippen LogP contribution in [0.15, 0.2) is 42.2 Å². The maximum absolute atomic E-state index is 7.54. The first-order valence-corrected chi connectivity index (χ1v) is 6.64. The highest BCUT2D eigenvalue weighted by Crippen LogP contribution is 2.34. The molecule has 1 saturated carbocycles. The van der Waals surface area contributed by atoms with Gasteiger partial charge in [-0.1, -0.05) is 31.6 Å². The number of rotatable bonds is 7. The summed E-state index contributed by atoms with van der Waals surface area (Å²) < 4.78 is 0. The molecule has 1 aliphatic rings. The molecule has 1 fully saturated rings.